The minimum atomic E-state index is 0.0676. The molecule has 1 N–H and O–H groups in total. The summed E-state index contributed by atoms with van der Waals surface area (Å²) in [6.45, 7) is 3.92. The maximum atomic E-state index is 13.0. The van der Waals surface area contributed by atoms with Gasteiger partial charge in [0.15, 0.2) is 0 Å². The highest BCUT2D eigenvalue weighted by molar-refractivity contribution is 5.93. The molecule has 6 heteroatoms. The standard InChI is InChI=1S/C21H26N4O2/c26-20(22-18-8-9-18)16-23-11-13-24(14-12-23)21(27)19-7-4-10-25(19)15-17-5-2-1-3-6-17/h1-7,10,18H,8-9,11-16H2,(H,22,26). The molecule has 1 saturated heterocycles. The van der Waals surface area contributed by atoms with Crippen molar-refractivity contribution in [2.75, 3.05) is 32.7 Å². The van der Waals surface area contributed by atoms with Crippen LogP contribution in [0.1, 0.15) is 28.9 Å². The second-order valence-electron chi connectivity index (χ2n) is 7.42. The van der Waals surface area contributed by atoms with Gasteiger partial charge in [0.2, 0.25) is 5.91 Å². The normalized spacial score (nSPS) is 17.7. The number of hydrogen-bond acceptors (Lipinski definition) is 3. The van der Waals surface area contributed by atoms with Crippen LogP contribution in [0, 0.1) is 0 Å². The van der Waals surface area contributed by atoms with E-state index in [-0.39, 0.29) is 11.8 Å². The molecule has 1 saturated carbocycles. The molecule has 2 amide bonds. The van der Waals surface area contributed by atoms with Gasteiger partial charge in [-0.1, -0.05) is 30.3 Å². The Labute approximate surface area is 159 Å². The van der Waals surface area contributed by atoms with Crippen LogP contribution >= 0.6 is 0 Å². The lowest BCUT2D eigenvalue weighted by Crippen LogP contribution is -2.51. The van der Waals surface area contributed by atoms with Gasteiger partial charge in [0.25, 0.3) is 5.91 Å². The Balaban J connectivity index is 1.32. The van der Waals surface area contributed by atoms with Crippen LogP contribution in [0.2, 0.25) is 0 Å². The van der Waals surface area contributed by atoms with Gasteiger partial charge in [-0.3, -0.25) is 14.5 Å². The van der Waals surface area contributed by atoms with Crippen molar-refractivity contribution in [3.05, 3.63) is 59.9 Å². The summed E-state index contributed by atoms with van der Waals surface area (Å²) in [6, 6.07) is 14.4. The fourth-order valence-electron chi connectivity index (χ4n) is 3.50. The number of piperazine rings is 1. The SMILES string of the molecule is O=C(CN1CCN(C(=O)c2cccn2Cc2ccccc2)CC1)NC1CC1. The highest BCUT2D eigenvalue weighted by atomic mass is 16.2. The molecule has 0 spiro atoms. The number of carbonyl (C=O) groups excluding carboxylic acids is 2. The van der Waals surface area contributed by atoms with E-state index in [0.717, 1.165) is 31.6 Å². The fourth-order valence-corrected chi connectivity index (χ4v) is 3.50. The topological polar surface area (TPSA) is 57.6 Å². The lowest BCUT2D eigenvalue weighted by atomic mass is 10.2. The van der Waals surface area contributed by atoms with Gasteiger partial charge in [0.05, 0.1) is 6.54 Å². The van der Waals surface area contributed by atoms with Crippen molar-refractivity contribution in [1.29, 1.82) is 0 Å². The van der Waals surface area contributed by atoms with Crippen LogP contribution in [0.25, 0.3) is 0 Å². The van der Waals surface area contributed by atoms with E-state index in [1.54, 1.807) is 0 Å². The highest BCUT2D eigenvalue weighted by Gasteiger charge is 2.27. The summed E-state index contributed by atoms with van der Waals surface area (Å²) in [5.41, 5.74) is 1.90. The van der Waals surface area contributed by atoms with Crippen molar-refractivity contribution >= 4 is 11.8 Å². The summed E-state index contributed by atoms with van der Waals surface area (Å²) in [5, 5.41) is 3.02. The molecule has 4 rings (SSSR count). The predicted molar refractivity (Wildman–Crippen MR) is 103 cm³/mol. The third-order valence-corrected chi connectivity index (χ3v) is 5.21. The molecule has 27 heavy (non-hydrogen) atoms. The first kappa shape index (κ1) is 17.8. The average Bonchev–Trinajstić information content (AvgIpc) is 3.37. The van der Waals surface area contributed by atoms with E-state index in [9.17, 15) is 9.59 Å². The molecule has 1 aliphatic heterocycles. The van der Waals surface area contributed by atoms with Crippen molar-refractivity contribution in [1.82, 2.24) is 19.7 Å². The molecular formula is C21H26N4O2. The molecule has 1 aromatic heterocycles. The second-order valence-corrected chi connectivity index (χ2v) is 7.42. The molecule has 2 heterocycles. The minimum absolute atomic E-state index is 0.0676. The van der Waals surface area contributed by atoms with Gasteiger partial charge in [-0.2, -0.15) is 0 Å². The summed E-state index contributed by atoms with van der Waals surface area (Å²) in [7, 11) is 0. The first-order valence-corrected chi connectivity index (χ1v) is 9.69. The van der Waals surface area contributed by atoms with E-state index in [4.69, 9.17) is 0 Å². The first-order valence-electron chi connectivity index (χ1n) is 9.69. The summed E-state index contributed by atoms with van der Waals surface area (Å²) < 4.78 is 2.01. The van der Waals surface area contributed by atoms with E-state index >= 15 is 0 Å². The second kappa shape index (κ2) is 7.96. The molecule has 1 aromatic carbocycles. The highest BCUT2D eigenvalue weighted by Crippen LogP contribution is 2.18. The van der Waals surface area contributed by atoms with Gasteiger partial charge in [-0.05, 0) is 30.5 Å². The smallest absolute Gasteiger partial charge is 0.270 e. The van der Waals surface area contributed by atoms with E-state index in [1.807, 2.05) is 46.0 Å². The van der Waals surface area contributed by atoms with Crippen LogP contribution < -0.4 is 5.32 Å². The summed E-state index contributed by atoms with van der Waals surface area (Å²) in [5.74, 6) is 0.173. The van der Waals surface area contributed by atoms with Crippen molar-refractivity contribution in [3.63, 3.8) is 0 Å². The molecule has 2 aliphatic rings. The number of carbonyl (C=O) groups is 2. The molecule has 0 radical (unpaired) electrons. The minimum Gasteiger partial charge on any atom is -0.352 e. The largest absolute Gasteiger partial charge is 0.352 e. The third kappa shape index (κ3) is 4.57. The average molecular weight is 366 g/mol. The van der Waals surface area contributed by atoms with Crippen LogP contribution in [0.4, 0.5) is 0 Å². The van der Waals surface area contributed by atoms with Crippen molar-refractivity contribution in [2.45, 2.75) is 25.4 Å². The molecule has 0 bridgehead atoms. The quantitative estimate of drug-likeness (QED) is 0.844. The third-order valence-electron chi connectivity index (χ3n) is 5.21. The fraction of sp³-hybridized carbons (Fsp3) is 0.429. The van der Waals surface area contributed by atoms with E-state index < -0.39 is 0 Å². The molecule has 2 fully saturated rings. The number of aromatic nitrogens is 1. The van der Waals surface area contributed by atoms with Gasteiger partial charge in [-0.25, -0.2) is 0 Å². The Bertz CT molecular complexity index is 790. The van der Waals surface area contributed by atoms with Crippen LogP contribution in [-0.2, 0) is 11.3 Å². The van der Waals surface area contributed by atoms with Crippen molar-refractivity contribution in [2.24, 2.45) is 0 Å². The lowest BCUT2D eigenvalue weighted by Gasteiger charge is -2.34. The Morgan fingerprint density at radius 2 is 1.70 bits per heavy atom. The predicted octanol–water partition coefficient (Wildman–Crippen LogP) is 1.57. The molecule has 1 aliphatic carbocycles. The summed E-state index contributed by atoms with van der Waals surface area (Å²) in [4.78, 5) is 28.9. The zero-order chi connectivity index (χ0) is 18.6. The summed E-state index contributed by atoms with van der Waals surface area (Å²) in [6.07, 6.45) is 4.17. The van der Waals surface area contributed by atoms with Crippen molar-refractivity contribution in [3.8, 4) is 0 Å². The number of benzene rings is 1. The maximum absolute atomic E-state index is 13.0. The molecule has 2 aromatic rings. The zero-order valence-corrected chi connectivity index (χ0v) is 15.5. The Morgan fingerprint density at radius 1 is 0.963 bits per heavy atom. The Morgan fingerprint density at radius 3 is 2.41 bits per heavy atom. The van der Waals surface area contributed by atoms with Crippen LogP contribution in [-0.4, -0.2) is 64.9 Å². The number of amides is 2. The molecule has 0 atom stereocenters. The Kier molecular flexibility index (Phi) is 5.25. The van der Waals surface area contributed by atoms with Crippen molar-refractivity contribution < 1.29 is 9.59 Å². The lowest BCUT2D eigenvalue weighted by molar-refractivity contribution is -0.122. The van der Waals surface area contributed by atoms with Gasteiger partial charge >= 0.3 is 0 Å². The van der Waals surface area contributed by atoms with Gasteiger partial charge < -0.3 is 14.8 Å². The molecule has 142 valence electrons. The summed E-state index contributed by atoms with van der Waals surface area (Å²) >= 11 is 0. The van der Waals surface area contributed by atoms with Gasteiger partial charge in [0.1, 0.15) is 5.69 Å². The molecule has 0 unspecified atom stereocenters. The monoisotopic (exact) mass is 366 g/mol. The molecular weight excluding hydrogens is 340 g/mol. The molecule has 6 nitrogen and oxygen atoms in total. The zero-order valence-electron chi connectivity index (χ0n) is 15.5. The number of rotatable bonds is 6. The van der Waals surface area contributed by atoms with Gasteiger partial charge in [-0.15, -0.1) is 0 Å². The van der Waals surface area contributed by atoms with Crippen LogP contribution in [0.3, 0.4) is 0 Å². The van der Waals surface area contributed by atoms with Gasteiger partial charge in [0, 0.05) is 45.0 Å². The number of nitrogens with one attached hydrogen (secondary N) is 1. The first-order chi connectivity index (χ1) is 13.2. The van der Waals surface area contributed by atoms with E-state index in [0.29, 0.717) is 32.2 Å². The van der Waals surface area contributed by atoms with E-state index in [2.05, 4.69) is 22.3 Å². The Hall–Kier alpha value is -2.60. The van der Waals surface area contributed by atoms with Crippen LogP contribution in [0.15, 0.2) is 48.7 Å². The van der Waals surface area contributed by atoms with E-state index in [1.165, 1.54) is 5.56 Å². The maximum Gasteiger partial charge on any atom is 0.270 e. The number of hydrogen-bond donors (Lipinski definition) is 1. The van der Waals surface area contributed by atoms with Crippen LogP contribution in [0.5, 0.6) is 0 Å². The number of nitrogens with zero attached hydrogens (tertiary/aromatic N) is 3.